The van der Waals surface area contributed by atoms with Crippen LogP contribution in [0, 0.1) is 0 Å². The number of para-hydroxylation sites is 1. The highest BCUT2D eigenvalue weighted by Gasteiger charge is 2.18. The molecular weight excluding hydrogens is 240 g/mol. The second kappa shape index (κ2) is 6.41. The van der Waals surface area contributed by atoms with E-state index < -0.39 is 0 Å². The van der Waals surface area contributed by atoms with Crippen molar-refractivity contribution in [3.05, 3.63) is 42.0 Å². The molecule has 0 amide bonds. The Morgan fingerprint density at radius 2 is 1.84 bits per heavy atom. The molecule has 0 aliphatic rings. The van der Waals surface area contributed by atoms with Crippen molar-refractivity contribution in [1.82, 2.24) is 0 Å². The molecule has 0 bridgehead atoms. The Morgan fingerprint density at radius 1 is 1.21 bits per heavy atom. The van der Waals surface area contributed by atoms with Gasteiger partial charge in [0.1, 0.15) is 19.0 Å². The summed E-state index contributed by atoms with van der Waals surface area (Å²) in [4.78, 5) is 11.2. The van der Waals surface area contributed by atoms with Crippen LogP contribution >= 0.6 is 0 Å². The smallest absolute Gasteiger partial charge is 0.333 e. The van der Waals surface area contributed by atoms with Gasteiger partial charge in [0.15, 0.2) is 0 Å². The molecule has 0 N–H and O–H groups in total. The first-order valence-corrected chi connectivity index (χ1v) is 6.37. The quantitative estimate of drug-likeness (QED) is 0.463. The maximum atomic E-state index is 11.2. The third kappa shape index (κ3) is 4.78. The summed E-state index contributed by atoms with van der Waals surface area (Å²) in [5.41, 5.74) is 1.56. The van der Waals surface area contributed by atoms with Crippen molar-refractivity contribution in [3.63, 3.8) is 0 Å². The first kappa shape index (κ1) is 15.3. The molecule has 0 aliphatic heterocycles. The van der Waals surface area contributed by atoms with E-state index in [4.69, 9.17) is 9.47 Å². The Balaban J connectivity index is 2.55. The lowest BCUT2D eigenvalue weighted by molar-refractivity contribution is -0.139. The van der Waals surface area contributed by atoms with Gasteiger partial charge in [0.2, 0.25) is 0 Å². The van der Waals surface area contributed by atoms with Crippen LogP contribution in [-0.2, 0) is 14.9 Å². The van der Waals surface area contributed by atoms with Crippen LogP contribution in [0.5, 0.6) is 5.75 Å². The second-order valence-corrected chi connectivity index (χ2v) is 5.51. The Morgan fingerprint density at radius 3 is 2.42 bits per heavy atom. The molecule has 0 spiro atoms. The molecule has 0 saturated heterocycles. The zero-order chi connectivity index (χ0) is 14.5. The molecule has 0 aliphatic carbocycles. The van der Waals surface area contributed by atoms with Crippen molar-refractivity contribution in [3.8, 4) is 5.75 Å². The number of hydrogen-bond acceptors (Lipinski definition) is 3. The van der Waals surface area contributed by atoms with Crippen molar-refractivity contribution in [2.75, 3.05) is 13.2 Å². The molecular formula is C16H22O3. The molecule has 0 radical (unpaired) electrons. The Labute approximate surface area is 115 Å². The lowest BCUT2D eigenvalue weighted by atomic mass is 9.86. The Kier molecular flexibility index (Phi) is 5.16. The monoisotopic (exact) mass is 262 g/mol. The zero-order valence-corrected chi connectivity index (χ0v) is 12.2. The minimum absolute atomic E-state index is 0.0188. The predicted octanol–water partition coefficient (Wildman–Crippen LogP) is 3.48. The van der Waals surface area contributed by atoms with Crippen LogP contribution in [0.25, 0.3) is 0 Å². The van der Waals surface area contributed by atoms with Gasteiger partial charge in [-0.05, 0) is 24.0 Å². The molecule has 104 valence electrons. The molecule has 0 unspecified atom stereocenters. The highest BCUT2D eigenvalue weighted by atomic mass is 16.6. The van der Waals surface area contributed by atoms with Crippen LogP contribution in [-0.4, -0.2) is 19.2 Å². The van der Waals surface area contributed by atoms with E-state index in [-0.39, 0.29) is 18.0 Å². The van der Waals surface area contributed by atoms with Gasteiger partial charge in [-0.15, -0.1) is 0 Å². The molecule has 1 rings (SSSR count). The van der Waals surface area contributed by atoms with Crippen molar-refractivity contribution in [2.24, 2.45) is 0 Å². The molecule has 0 aromatic heterocycles. The highest BCUT2D eigenvalue weighted by Crippen LogP contribution is 2.30. The van der Waals surface area contributed by atoms with E-state index >= 15 is 0 Å². The maximum absolute atomic E-state index is 11.2. The second-order valence-electron chi connectivity index (χ2n) is 5.51. The van der Waals surface area contributed by atoms with Gasteiger partial charge in [0.05, 0.1) is 0 Å². The Hall–Kier alpha value is -1.77. The number of ether oxygens (including phenoxy) is 2. The average molecular weight is 262 g/mol. The maximum Gasteiger partial charge on any atom is 0.333 e. The first-order chi connectivity index (χ1) is 8.82. The van der Waals surface area contributed by atoms with Crippen LogP contribution in [0.4, 0.5) is 0 Å². The van der Waals surface area contributed by atoms with Crippen LogP contribution < -0.4 is 4.74 Å². The van der Waals surface area contributed by atoms with E-state index in [9.17, 15) is 4.79 Å². The number of benzene rings is 1. The lowest BCUT2D eigenvalue weighted by Crippen LogP contribution is -2.16. The molecule has 1 aromatic rings. The molecule has 0 heterocycles. The standard InChI is InChI=1S/C16H22O3/c1-12(2)15(17)19-11-10-18-14-9-7-6-8-13(14)16(3,4)5/h6-9H,1,10-11H2,2-5H3. The van der Waals surface area contributed by atoms with E-state index in [2.05, 4.69) is 33.4 Å². The molecule has 0 fully saturated rings. The fraction of sp³-hybridized carbons (Fsp3) is 0.438. The lowest BCUT2D eigenvalue weighted by Gasteiger charge is -2.22. The first-order valence-electron chi connectivity index (χ1n) is 6.37. The normalized spacial score (nSPS) is 10.9. The molecule has 3 nitrogen and oxygen atoms in total. The number of hydrogen-bond donors (Lipinski definition) is 0. The van der Waals surface area contributed by atoms with Crippen molar-refractivity contribution < 1.29 is 14.3 Å². The fourth-order valence-electron chi connectivity index (χ4n) is 1.62. The van der Waals surface area contributed by atoms with Gasteiger partial charge in [0, 0.05) is 5.57 Å². The topological polar surface area (TPSA) is 35.5 Å². The van der Waals surface area contributed by atoms with Crippen LogP contribution in [0.1, 0.15) is 33.3 Å². The van der Waals surface area contributed by atoms with E-state index in [1.807, 2.05) is 18.2 Å². The number of carbonyl (C=O) groups excluding carboxylic acids is 1. The fourth-order valence-corrected chi connectivity index (χ4v) is 1.62. The Bertz CT molecular complexity index is 455. The van der Waals surface area contributed by atoms with Gasteiger partial charge < -0.3 is 9.47 Å². The summed E-state index contributed by atoms with van der Waals surface area (Å²) in [7, 11) is 0. The summed E-state index contributed by atoms with van der Waals surface area (Å²) >= 11 is 0. The SMILES string of the molecule is C=C(C)C(=O)OCCOc1ccccc1C(C)(C)C. The van der Waals surface area contributed by atoms with Crippen molar-refractivity contribution >= 4 is 5.97 Å². The summed E-state index contributed by atoms with van der Waals surface area (Å²) in [5, 5.41) is 0. The summed E-state index contributed by atoms with van der Waals surface area (Å²) < 4.78 is 10.7. The zero-order valence-electron chi connectivity index (χ0n) is 12.2. The van der Waals surface area contributed by atoms with Gasteiger partial charge in [-0.25, -0.2) is 4.79 Å². The number of carbonyl (C=O) groups is 1. The third-order valence-corrected chi connectivity index (χ3v) is 2.62. The average Bonchev–Trinajstić information content (AvgIpc) is 2.33. The van der Waals surface area contributed by atoms with Crippen molar-refractivity contribution in [1.29, 1.82) is 0 Å². The summed E-state index contributed by atoms with van der Waals surface area (Å²) in [6.07, 6.45) is 0. The van der Waals surface area contributed by atoms with E-state index in [0.717, 1.165) is 11.3 Å². The molecule has 0 atom stereocenters. The minimum atomic E-state index is -0.382. The van der Waals surface area contributed by atoms with Crippen LogP contribution in [0.3, 0.4) is 0 Å². The molecule has 3 heteroatoms. The summed E-state index contributed by atoms with van der Waals surface area (Å²) in [6.45, 7) is 12.1. The number of esters is 1. The predicted molar refractivity (Wildman–Crippen MR) is 76.4 cm³/mol. The third-order valence-electron chi connectivity index (χ3n) is 2.62. The number of rotatable bonds is 5. The van der Waals surface area contributed by atoms with Gasteiger partial charge >= 0.3 is 5.97 Å². The largest absolute Gasteiger partial charge is 0.490 e. The van der Waals surface area contributed by atoms with Crippen LogP contribution in [0.15, 0.2) is 36.4 Å². The van der Waals surface area contributed by atoms with Gasteiger partial charge in [0.25, 0.3) is 0 Å². The van der Waals surface area contributed by atoms with Gasteiger partial charge in [-0.1, -0.05) is 45.5 Å². The van der Waals surface area contributed by atoms with Crippen molar-refractivity contribution in [2.45, 2.75) is 33.1 Å². The van der Waals surface area contributed by atoms with Gasteiger partial charge in [-0.2, -0.15) is 0 Å². The van der Waals surface area contributed by atoms with Gasteiger partial charge in [-0.3, -0.25) is 0 Å². The van der Waals surface area contributed by atoms with Crippen LogP contribution in [0.2, 0.25) is 0 Å². The van der Waals surface area contributed by atoms with E-state index in [0.29, 0.717) is 12.2 Å². The van der Waals surface area contributed by atoms with E-state index in [1.54, 1.807) is 6.92 Å². The highest BCUT2D eigenvalue weighted by molar-refractivity contribution is 5.86. The summed E-state index contributed by atoms with van der Waals surface area (Å²) in [5.74, 6) is 0.453. The summed E-state index contributed by atoms with van der Waals surface area (Å²) in [6, 6.07) is 7.91. The molecule has 1 aromatic carbocycles. The minimum Gasteiger partial charge on any atom is -0.490 e. The molecule has 19 heavy (non-hydrogen) atoms. The van der Waals surface area contributed by atoms with E-state index in [1.165, 1.54) is 0 Å². The molecule has 0 saturated carbocycles.